The normalized spacial score (nSPS) is 15.3. The molecule has 2 rings (SSSR count). The number of carbonyl (C=O) groups excluding carboxylic acids is 1. The van der Waals surface area contributed by atoms with Gasteiger partial charge in [-0.15, -0.1) is 0 Å². The molecule has 1 fully saturated rings. The molecule has 21 heavy (non-hydrogen) atoms. The van der Waals surface area contributed by atoms with E-state index in [4.69, 9.17) is 4.74 Å². The number of rotatable bonds is 6. The Balaban J connectivity index is 1.71. The topological polar surface area (TPSA) is 41.6 Å². The van der Waals surface area contributed by atoms with Crippen molar-refractivity contribution in [2.24, 2.45) is 0 Å². The van der Waals surface area contributed by atoms with Gasteiger partial charge >= 0.3 is 0 Å². The van der Waals surface area contributed by atoms with Crippen LogP contribution in [0.25, 0.3) is 0 Å². The highest BCUT2D eigenvalue weighted by atomic mass is 16.5. The largest absolute Gasteiger partial charge is 0.491 e. The quantitative estimate of drug-likeness (QED) is 0.873. The first-order valence-corrected chi connectivity index (χ1v) is 7.89. The van der Waals surface area contributed by atoms with Crippen LogP contribution in [0, 0.1) is 0 Å². The van der Waals surface area contributed by atoms with E-state index in [2.05, 4.69) is 17.4 Å². The Morgan fingerprint density at radius 1 is 1.24 bits per heavy atom. The van der Waals surface area contributed by atoms with E-state index in [1.165, 1.54) is 5.56 Å². The molecule has 4 nitrogen and oxygen atoms in total. The number of piperazine rings is 1. The van der Waals surface area contributed by atoms with Gasteiger partial charge in [-0.1, -0.05) is 12.1 Å². The van der Waals surface area contributed by atoms with Gasteiger partial charge in [-0.2, -0.15) is 0 Å². The summed E-state index contributed by atoms with van der Waals surface area (Å²) in [6, 6.07) is 8.20. The fourth-order valence-corrected chi connectivity index (χ4v) is 2.52. The van der Waals surface area contributed by atoms with E-state index in [1.807, 2.05) is 30.9 Å². The Hall–Kier alpha value is -1.55. The molecule has 4 heteroatoms. The lowest BCUT2D eigenvalue weighted by Crippen LogP contribution is -2.46. The maximum Gasteiger partial charge on any atom is 0.222 e. The maximum absolute atomic E-state index is 12.0. The number of aryl methyl sites for hydroxylation is 1. The maximum atomic E-state index is 12.0. The van der Waals surface area contributed by atoms with Crippen LogP contribution in [0.5, 0.6) is 5.75 Å². The molecular formula is C17H26N2O2. The van der Waals surface area contributed by atoms with Crippen molar-refractivity contribution < 1.29 is 9.53 Å². The molecule has 0 bridgehead atoms. The molecule has 1 saturated heterocycles. The zero-order valence-electron chi connectivity index (χ0n) is 13.1. The van der Waals surface area contributed by atoms with Crippen molar-refractivity contribution in [2.75, 3.05) is 26.2 Å². The number of benzene rings is 1. The molecule has 0 radical (unpaired) electrons. The zero-order chi connectivity index (χ0) is 15.1. The molecule has 0 saturated carbocycles. The van der Waals surface area contributed by atoms with E-state index in [0.29, 0.717) is 6.42 Å². The first-order chi connectivity index (χ1) is 10.1. The summed E-state index contributed by atoms with van der Waals surface area (Å²) in [4.78, 5) is 14.0. The summed E-state index contributed by atoms with van der Waals surface area (Å²) in [6.07, 6.45) is 2.70. The summed E-state index contributed by atoms with van der Waals surface area (Å²) in [5, 5.41) is 3.26. The van der Waals surface area contributed by atoms with Gasteiger partial charge in [0, 0.05) is 32.6 Å². The van der Waals surface area contributed by atoms with Crippen LogP contribution in [0.1, 0.15) is 32.3 Å². The van der Waals surface area contributed by atoms with Crippen LogP contribution in [0.3, 0.4) is 0 Å². The summed E-state index contributed by atoms with van der Waals surface area (Å²) in [7, 11) is 0. The van der Waals surface area contributed by atoms with Crippen LogP contribution >= 0.6 is 0 Å². The molecule has 0 spiro atoms. The monoisotopic (exact) mass is 290 g/mol. The molecule has 0 aliphatic carbocycles. The van der Waals surface area contributed by atoms with Gasteiger partial charge in [0.1, 0.15) is 5.75 Å². The molecule has 0 aromatic heterocycles. The molecule has 1 aromatic carbocycles. The number of carbonyl (C=O) groups is 1. The Kier molecular flexibility index (Phi) is 6.05. The van der Waals surface area contributed by atoms with Gasteiger partial charge in [-0.05, 0) is 44.4 Å². The average molecular weight is 290 g/mol. The molecule has 1 N–H and O–H groups in total. The van der Waals surface area contributed by atoms with E-state index < -0.39 is 0 Å². The van der Waals surface area contributed by atoms with Crippen LogP contribution in [0.4, 0.5) is 0 Å². The van der Waals surface area contributed by atoms with Crippen molar-refractivity contribution in [3.8, 4) is 5.75 Å². The molecule has 1 heterocycles. The minimum absolute atomic E-state index is 0.201. The summed E-state index contributed by atoms with van der Waals surface area (Å²) >= 11 is 0. The Bertz CT molecular complexity index is 437. The van der Waals surface area contributed by atoms with Gasteiger partial charge in [0.05, 0.1) is 6.10 Å². The second-order valence-corrected chi connectivity index (χ2v) is 5.79. The molecule has 1 aromatic rings. The van der Waals surface area contributed by atoms with E-state index >= 15 is 0 Å². The third-order valence-electron chi connectivity index (χ3n) is 3.62. The van der Waals surface area contributed by atoms with Crippen molar-refractivity contribution in [1.29, 1.82) is 0 Å². The van der Waals surface area contributed by atoms with Gasteiger partial charge < -0.3 is 15.0 Å². The average Bonchev–Trinajstić information content (AvgIpc) is 2.49. The van der Waals surface area contributed by atoms with Crippen molar-refractivity contribution in [3.05, 3.63) is 29.8 Å². The number of ether oxygens (including phenoxy) is 1. The van der Waals surface area contributed by atoms with Gasteiger partial charge in [0.25, 0.3) is 0 Å². The van der Waals surface area contributed by atoms with Crippen molar-refractivity contribution in [3.63, 3.8) is 0 Å². The predicted molar refractivity (Wildman–Crippen MR) is 84.6 cm³/mol. The third kappa shape index (κ3) is 5.38. The SMILES string of the molecule is CC(C)Oc1ccc(CCCC(=O)N2CCNCC2)cc1. The third-order valence-corrected chi connectivity index (χ3v) is 3.62. The number of hydrogen-bond donors (Lipinski definition) is 1. The van der Waals surface area contributed by atoms with Crippen molar-refractivity contribution >= 4 is 5.91 Å². The van der Waals surface area contributed by atoms with Gasteiger partial charge in [0.2, 0.25) is 5.91 Å². The van der Waals surface area contributed by atoms with E-state index in [-0.39, 0.29) is 12.0 Å². The minimum Gasteiger partial charge on any atom is -0.491 e. The van der Waals surface area contributed by atoms with Gasteiger partial charge in [0.15, 0.2) is 0 Å². The highest BCUT2D eigenvalue weighted by Gasteiger charge is 2.15. The molecule has 1 aliphatic heterocycles. The van der Waals surface area contributed by atoms with E-state index in [9.17, 15) is 4.79 Å². The molecule has 1 amide bonds. The zero-order valence-corrected chi connectivity index (χ0v) is 13.1. The fourth-order valence-electron chi connectivity index (χ4n) is 2.52. The fraction of sp³-hybridized carbons (Fsp3) is 0.588. The predicted octanol–water partition coefficient (Wildman–Crippen LogP) is 2.23. The van der Waals surface area contributed by atoms with Crippen LogP contribution in [-0.4, -0.2) is 43.1 Å². The highest BCUT2D eigenvalue weighted by Crippen LogP contribution is 2.15. The highest BCUT2D eigenvalue weighted by molar-refractivity contribution is 5.76. The Labute approximate surface area is 127 Å². The molecule has 1 aliphatic rings. The van der Waals surface area contributed by atoms with Gasteiger partial charge in [-0.3, -0.25) is 4.79 Å². The Morgan fingerprint density at radius 3 is 2.52 bits per heavy atom. The number of amides is 1. The van der Waals surface area contributed by atoms with Crippen LogP contribution in [-0.2, 0) is 11.2 Å². The molecular weight excluding hydrogens is 264 g/mol. The molecule has 0 unspecified atom stereocenters. The number of nitrogens with zero attached hydrogens (tertiary/aromatic N) is 1. The van der Waals surface area contributed by atoms with E-state index in [0.717, 1.165) is 44.8 Å². The summed E-state index contributed by atoms with van der Waals surface area (Å²) in [5.74, 6) is 1.20. The number of nitrogens with one attached hydrogen (secondary N) is 1. The minimum atomic E-state index is 0.201. The summed E-state index contributed by atoms with van der Waals surface area (Å²) < 4.78 is 5.62. The first kappa shape index (κ1) is 15.8. The lowest BCUT2D eigenvalue weighted by molar-refractivity contribution is -0.131. The van der Waals surface area contributed by atoms with Crippen LogP contribution in [0.15, 0.2) is 24.3 Å². The summed E-state index contributed by atoms with van der Waals surface area (Å²) in [5.41, 5.74) is 1.26. The lowest BCUT2D eigenvalue weighted by atomic mass is 10.1. The van der Waals surface area contributed by atoms with Crippen molar-refractivity contribution in [1.82, 2.24) is 10.2 Å². The molecule has 0 atom stereocenters. The lowest BCUT2D eigenvalue weighted by Gasteiger charge is -2.27. The van der Waals surface area contributed by atoms with Crippen LogP contribution < -0.4 is 10.1 Å². The number of hydrogen-bond acceptors (Lipinski definition) is 3. The van der Waals surface area contributed by atoms with Gasteiger partial charge in [-0.25, -0.2) is 0 Å². The van der Waals surface area contributed by atoms with E-state index in [1.54, 1.807) is 0 Å². The second kappa shape index (κ2) is 8.03. The second-order valence-electron chi connectivity index (χ2n) is 5.79. The summed E-state index contributed by atoms with van der Waals surface area (Å²) in [6.45, 7) is 7.58. The van der Waals surface area contributed by atoms with Crippen LogP contribution in [0.2, 0.25) is 0 Å². The Morgan fingerprint density at radius 2 is 1.90 bits per heavy atom. The molecule has 116 valence electrons. The standard InChI is InChI=1S/C17H26N2O2/c1-14(2)21-16-8-6-15(7-9-16)4-3-5-17(20)19-12-10-18-11-13-19/h6-9,14,18H,3-5,10-13H2,1-2H3. The first-order valence-electron chi connectivity index (χ1n) is 7.89. The van der Waals surface area contributed by atoms with Crippen molar-refractivity contribution in [2.45, 2.75) is 39.2 Å². The smallest absolute Gasteiger partial charge is 0.222 e.